The second-order valence-electron chi connectivity index (χ2n) is 6.86. The molecule has 1 atom stereocenters. The van der Waals surface area contributed by atoms with Gasteiger partial charge in [-0.25, -0.2) is 0 Å². The Morgan fingerprint density at radius 2 is 1.96 bits per heavy atom. The van der Waals surface area contributed by atoms with Crippen LogP contribution in [0, 0.1) is 18.3 Å². The van der Waals surface area contributed by atoms with Crippen molar-refractivity contribution in [3.8, 4) is 12.3 Å². The predicted octanol–water partition coefficient (Wildman–Crippen LogP) is 1.25. The summed E-state index contributed by atoms with van der Waals surface area (Å²) < 4.78 is 0. The summed E-state index contributed by atoms with van der Waals surface area (Å²) in [6, 6.07) is 10.7. The first-order valence-electron chi connectivity index (χ1n) is 8.94. The van der Waals surface area contributed by atoms with Gasteiger partial charge < -0.3 is 10.2 Å². The summed E-state index contributed by atoms with van der Waals surface area (Å²) in [5.41, 5.74) is 1.32. The Bertz CT molecular complexity index is 645. The van der Waals surface area contributed by atoms with Crippen LogP contribution in [0.1, 0.15) is 24.8 Å². The van der Waals surface area contributed by atoms with Crippen LogP contribution in [0.25, 0.3) is 0 Å². The van der Waals surface area contributed by atoms with E-state index in [9.17, 15) is 9.59 Å². The number of rotatable bonds is 5. The quantitative estimate of drug-likeness (QED) is 0.822. The van der Waals surface area contributed by atoms with E-state index in [1.807, 2.05) is 11.0 Å². The molecule has 1 aromatic rings. The van der Waals surface area contributed by atoms with Crippen LogP contribution >= 0.6 is 0 Å². The second kappa shape index (κ2) is 8.17. The van der Waals surface area contributed by atoms with Crippen molar-refractivity contribution in [2.45, 2.75) is 31.8 Å². The third kappa shape index (κ3) is 4.40. The van der Waals surface area contributed by atoms with Crippen LogP contribution in [0.15, 0.2) is 30.3 Å². The molecular weight excluding hydrogens is 314 g/mol. The highest BCUT2D eigenvalue weighted by Gasteiger charge is 2.38. The molecule has 132 valence electrons. The van der Waals surface area contributed by atoms with E-state index >= 15 is 0 Å². The van der Waals surface area contributed by atoms with Crippen molar-refractivity contribution in [2.75, 3.05) is 26.2 Å². The third-order valence-electron chi connectivity index (χ3n) is 5.14. The molecule has 2 saturated heterocycles. The molecule has 2 heterocycles. The number of terminal acetylenes is 1. The number of nitrogens with one attached hydrogen (secondary N) is 1. The van der Waals surface area contributed by atoms with Gasteiger partial charge in [-0.2, -0.15) is 0 Å². The average molecular weight is 339 g/mol. The molecule has 3 rings (SSSR count). The second-order valence-corrected chi connectivity index (χ2v) is 6.86. The maximum atomic E-state index is 12.3. The zero-order chi connectivity index (χ0) is 17.6. The average Bonchev–Trinajstić information content (AvgIpc) is 3.03. The third-order valence-corrected chi connectivity index (χ3v) is 5.14. The van der Waals surface area contributed by atoms with E-state index in [4.69, 9.17) is 6.42 Å². The summed E-state index contributed by atoms with van der Waals surface area (Å²) in [5, 5.41) is 2.69. The van der Waals surface area contributed by atoms with E-state index in [0.717, 1.165) is 32.5 Å². The molecule has 0 saturated carbocycles. The molecule has 0 spiro atoms. The van der Waals surface area contributed by atoms with Crippen molar-refractivity contribution in [3.63, 3.8) is 0 Å². The van der Waals surface area contributed by atoms with E-state index in [1.165, 1.54) is 5.56 Å². The van der Waals surface area contributed by atoms with Gasteiger partial charge in [0.15, 0.2) is 0 Å². The summed E-state index contributed by atoms with van der Waals surface area (Å²) in [7, 11) is 0. The number of benzene rings is 1. The molecule has 2 amide bonds. The summed E-state index contributed by atoms with van der Waals surface area (Å²) in [5.74, 6) is 2.13. The van der Waals surface area contributed by atoms with Crippen molar-refractivity contribution in [2.24, 2.45) is 5.92 Å². The van der Waals surface area contributed by atoms with Gasteiger partial charge >= 0.3 is 0 Å². The van der Waals surface area contributed by atoms with Gasteiger partial charge in [0, 0.05) is 38.6 Å². The van der Waals surface area contributed by atoms with Gasteiger partial charge in [0.25, 0.3) is 0 Å². The topological polar surface area (TPSA) is 52.7 Å². The minimum absolute atomic E-state index is 0.0994. The normalized spacial score (nSPS) is 22.0. The minimum atomic E-state index is -0.261. The van der Waals surface area contributed by atoms with Crippen molar-refractivity contribution in [1.29, 1.82) is 0 Å². The predicted molar refractivity (Wildman–Crippen MR) is 96.4 cm³/mol. The fraction of sp³-hybridized carbons (Fsp3) is 0.500. The number of piperidine rings is 1. The lowest BCUT2D eigenvalue weighted by Crippen LogP contribution is -2.45. The van der Waals surface area contributed by atoms with Crippen molar-refractivity contribution < 1.29 is 9.59 Å². The van der Waals surface area contributed by atoms with Gasteiger partial charge in [-0.15, -0.1) is 6.42 Å². The molecule has 0 aliphatic carbocycles. The standard InChI is InChI=1S/C20H25N3O2/c1-2-10-21-20(25)17-13-19(24)23(15-17)18-8-11-22(12-9-18)14-16-6-4-3-5-7-16/h1,3-7,17-18H,8-15H2,(H,21,25)/t17-/m1/s1. The smallest absolute Gasteiger partial charge is 0.226 e. The highest BCUT2D eigenvalue weighted by atomic mass is 16.2. The Morgan fingerprint density at radius 3 is 2.64 bits per heavy atom. The number of likely N-dealkylation sites (tertiary alicyclic amines) is 2. The molecule has 0 unspecified atom stereocenters. The molecule has 5 heteroatoms. The lowest BCUT2D eigenvalue weighted by atomic mass is 10.0. The number of amides is 2. The Labute approximate surface area is 149 Å². The van der Waals surface area contributed by atoms with Crippen LogP contribution in [0.3, 0.4) is 0 Å². The molecule has 0 radical (unpaired) electrons. The lowest BCUT2D eigenvalue weighted by Gasteiger charge is -2.36. The molecule has 0 bridgehead atoms. The van der Waals surface area contributed by atoms with E-state index in [1.54, 1.807) is 0 Å². The van der Waals surface area contributed by atoms with E-state index in [-0.39, 0.29) is 30.3 Å². The van der Waals surface area contributed by atoms with Crippen LogP contribution in [-0.4, -0.2) is 53.8 Å². The summed E-state index contributed by atoms with van der Waals surface area (Å²) in [6.45, 7) is 3.67. The molecule has 2 fully saturated rings. The van der Waals surface area contributed by atoms with Crippen molar-refractivity contribution >= 4 is 11.8 Å². The van der Waals surface area contributed by atoms with Crippen LogP contribution in [-0.2, 0) is 16.1 Å². The number of hydrogen-bond acceptors (Lipinski definition) is 3. The number of carbonyl (C=O) groups is 2. The molecule has 0 aromatic heterocycles. The molecule has 1 aromatic carbocycles. The van der Waals surface area contributed by atoms with Gasteiger partial charge in [-0.3, -0.25) is 14.5 Å². The highest BCUT2D eigenvalue weighted by molar-refractivity contribution is 5.89. The molecule has 5 nitrogen and oxygen atoms in total. The van der Waals surface area contributed by atoms with Crippen LogP contribution in [0.2, 0.25) is 0 Å². The maximum absolute atomic E-state index is 12.3. The Morgan fingerprint density at radius 1 is 1.24 bits per heavy atom. The molecule has 25 heavy (non-hydrogen) atoms. The van der Waals surface area contributed by atoms with Gasteiger partial charge in [0.2, 0.25) is 11.8 Å². The molecule has 1 N–H and O–H groups in total. The van der Waals surface area contributed by atoms with E-state index < -0.39 is 0 Å². The highest BCUT2D eigenvalue weighted by Crippen LogP contribution is 2.26. The fourth-order valence-electron chi connectivity index (χ4n) is 3.77. The Hall–Kier alpha value is -2.32. The molecular formula is C20H25N3O2. The van der Waals surface area contributed by atoms with Gasteiger partial charge in [0.05, 0.1) is 12.5 Å². The maximum Gasteiger partial charge on any atom is 0.226 e. The number of carbonyl (C=O) groups excluding carboxylic acids is 2. The monoisotopic (exact) mass is 339 g/mol. The van der Waals surface area contributed by atoms with Gasteiger partial charge in [-0.05, 0) is 18.4 Å². The Kier molecular flexibility index (Phi) is 5.72. The number of nitrogens with zero attached hydrogens (tertiary/aromatic N) is 2. The van der Waals surface area contributed by atoms with Crippen LogP contribution in [0.4, 0.5) is 0 Å². The number of hydrogen-bond donors (Lipinski definition) is 1. The van der Waals surface area contributed by atoms with Gasteiger partial charge in [-0.1, -0.05) is 36.3 Å². The van der Waals surface area contributed by atoms with Crippen molar-refractivity contribution in [1.82, 2.24) is 15.1 Å². The summed E-state index contributed by atoms with van der Waals surface area (Å²) in [6.07, 6.45) is 7.41. The van der Waals surface area contributed by atoms with Gasteiger partial charge in [0.1, 0.15) is 0 Å². The van der Waals surface area contributed by atoms with Crippen molar-refractivity contribution in [3.05, 3.63) is 35.9 Å². The van der Waals surface area contributed by atoms with Crippen LogP contribution in [0.5, 0.6) is 0 Å². The van der Waals surface area contributed by atoms with E-state index in [2.05, 4.69) is 40.4 Å². The summed E-state index contributed by atoms with van der Waals surface area (Å²) >= 11 is 0. The first-order chi connectivity index (χ1) is 12.2. The zero-order valence-electron chi connectivity index (χ0n) is 14.5. The fourth-order valence-corrected chi connectivity index (χ4v) is 3.77. The van der Waals surface area contributed by atoms with Crippen LogP contribution < -0.4 is 5.32 Å². The minimum Gasteiger partial charge on any atom is -0.345 e. The Balaban J connectivity index is 1.49. The lowest BCUT2D eigenvalue weighted by molar-refractivity contribution is -0.131. The molecule has 2 aliphatic heterocycles. The van der Waals surface area contributed by atoms with E-state index in [0.29, 0.717) is 13.0 Å². The first kappa shape index (κ1) is 17.5. The SMILES string of the molecule is C#CCNC(=O)[C@@H]1CC(=O)N(C2CCN(Cc3ccccc3)CC2)C1. The zero-order valence-corrected chi connectivity index (χ0v) is 14.5. The first-order valence-corrected chi connectivity index (χ1v) is 8.94. The largest absolute Gasteiger partial charge is 0.345 e. The molecule has 2 aliphatic rings. The summed E-state index contributed by atoms with van der Waals surface area (Å²) in [4.78, 5) is 28.7.